The van der Waals surface area contributed by atoms with Crippen LogP contribution < -0.4 is 0 Å². The summed E-state index contributed by atoms with van der Waals surface area (Å²) in [6.07, 6.45) is 3.40. The van der Waals surface area contributed by atoms with Gasteiger partial charge in [-0.2, -0.15) is 0 Å². The van der Waals surface area contributed by atoms with Crippen LogP contribution in [0.3, 0.4) is 0 Å². The van der Waals surface area contributed by atoms with Gasteiger partial charge in [-0.3, -0.25) is 4.79 Å². The molecule has 0 aliphatic heterocycles. The van der Waals surface area contributed by atoms with E-state index in [0.717, 1.165) is 16.8 Å². The normalized spacial score (nSPS) is 12.4. The molecule has 0 aliphatic rings. The largest absolute Gasteiger partial charge is 0.511 e. The summed E-state index contributed by atoms with van der Waals surface area (Å²) in [6.45, 7) is 20.2. The van der Waals surface area contributed by atoms with Crippen LogP contribution >= 0.6 is 0 Å². The molecular weight excluding hydrogens is 755 g/mol. The molecule has 0 bridgehead atoms. The van der Waals surface area contributed by atoms with Crippen LogP contribution in [0.1, 0.15) is 78.0 Å². The van der Waals surface area contributed by atoms with Crippen LogP contribution in [-0.2, 0) is 20.1 Å². The Bertz CT molecular complexity index is 2120. The van der Waals surface area contributed by atoms with Crippen molar-refractivity contribution < 1.29 is 30.0 Å². The van der Waals surface area contributed by atoms with Crippen LogP contribution in [0.5, 0.6) is 0 Å². The average molecular weight is 802 g/mol. The van der Waals surface area contributed by atoms with Crippen molar-refractivity contribution in [2.45, 2.75) is 75.2 Å². The number of hydrogen-bond acceptors (Lipinski definition) is 2. The molecule has 1 aromatic heterocycles. The van der Waals surface area contributed by atoms with Gasteiger partial charge in [0.1, 0.15) is 5.76 Å². The van der Waals surface area contributed by atoms with E-state index < -0.39 is 0 Å². The van der Waals surface area contributed by atoms with Crippen molar-refractivity contribution in [3.05, 3.63) is 114 Å². The molecule has 0 saturated heterocycles. The molecule has 6 rings (SSSR count). The van der Waals surface area contributed by atoms with Gasteiger partial charge in [0, 0.05) is 31.7 Å². The molecular formula is C43H47IrNO2. The first-order valence-corrected chi connectivity index (χ1v) is 16.2. The first-order chi connectivity index (χ1) is 21.6. The molecule has 4 heteroatoms. The SMILES string of the molecule is CC(C)(C)C(=[OH+])/C=C(\O)C(C)(C)C.Cc1[c-]c(-c2nccc3c2ccc2c4ccc5ccccc5c4cc(C(C)C)c32)cc(C)c1.[Ir]. The van der Waals surface area contributed by atoms with E-state index in [9.17, 15) is 9.90 Å². The third kappa shape index (κ3) is 7.50. The number of aliphatic hydroxyl groups is 1. The van der Waals surface area contributed by atoms with Crippen LogP contribution in [0.2, 0.25) is 0 Å². The van der Waals surface area contributed by atoms with Gasteiger partial charge in [0.25, 0.3) is 0 Å². The molecule has 0 amide bonds. The minimum absolute atomic E-state index is 0. The zero-order valence-corrected chi connectivity index (χ0v) is 31.7. The van der Waals surface area contributed by atoms with Gasteiger partial charge in [-0.25, -0.2) is 0 Å². The zero-order valence-electron chi connectivity index (χ0n) is 29.3. The quantitative estimate of drug-likeness (QED) is 0.0637. The summed E-state index contributed by atoms with van der Waals surface area (Å²) in [5.41, 5.74) is 5.23. The Morgan fingerprint density at radius 3 is 2.04 bits per heavy atom. The standard InChI is InChI=1S/C32H26N.C11H20O2.Ir/c1-19(2)29-18-30-24-8-6-5-7-22(24)9-10-25(30)26-11-12-28-27(31(26)29)13-14-33-32(28)23-16-20(3)15-21(4)17-23;1-10(2,3)8(12)7-9(13)11(4,5)6;/h5-16,18-19H,1-4H3;7,12H,1-6H3;/q-1;;/p+1/b;8-7-;. The van der Waals surface area contributed by atoms with Crippen LogP contribution in [-0.4, -0.2) is 20.7 Å². The Morgan fingerprint density at radius 1 is 0.766 bits per heavy atom. The summed E-state index contributed by atoms with van der Waals surface area (Å²) in [5, 5.41) is 20.0. The maximum atomic E-state index is 9.60. The molecule has 2 N–H and O–H groups in total. The molecule has 0 fully saturated rings. The maximum absolute atomic E-state index is 9.60. The summed E-state index contributed by atoms with van der Waals surface area (Å²) in [7, 11) is 0. The molecule has 0 unspecified atom stereocenters. The van der Waals surface area contributed by atoms with E-state index in [1.54, 1.807) is 0 Å². The van der Waals surface area contributed by atoms with Gasteiger partial charge in [0.2, 0.25) is 0 Å². The number of aryl methyl sites for hydroxylation is 2. The topological polar surface area (TPSA) is 54.5 Å². The van der Waals surface area contributed by atoms with Gasteiger partial charge in [-0.05, 0) is 93.2 Å². The number of carbonyl (C=O) groups excluding carboxylic acids is 1. The molecule has 3 nitrogen and oxygen atoms in total. The number of aliphatic hydroxyl groups excluding tert-OH is 1. The third-order valence-electron chi connectivity index (χ3n) is 8.63. The molecule has 245 valence electrons. The first kappa shape index (κ1) is 36.0. The van der Waals surface area contributed by atoms with Crippen LogP contribution in [0.15, 0.2) is 90.8 Å². The molecule has 5 aromatic carbocycles. The summed E-state index contributed by atoms with van der Waals surface area (Å²) in [5.74, 6) is 0.825. The number of allylic oxidation sites excluding steroid dienone is 2. The molecule has 47 heavy (non-hydrogen) atoms. The zero-order chi connectivity index (χ0) is 33.6. The number of benzene rings is 5. The summed E-state index contributed by atoms with van der Waals surface area (Å²) < 4.78 is 0. The Labute approximate surface area is 293 Å². The van der Waals surface area contributed by atoms with Crippen molar-refractivity contribution in [1.82, 2.24) is 4.98 Å². The summed E-state index contributed by atoms with van der Waals surface area (Å²) >= 11 is 0. The second kappa shape index (κ2) is 13.7. The molecule has 1 heterocycles. The van der Waals surface area contributed by atoms with E-state index in [1.807, 2.05) is 47.7 Å². The smallest absolute Gasteiger partial charge is 0.325 e. The van der Waals surface area contributed by atoms with Crippen molar-refractivity contribution >= 4 is 48.9 Å². The number of hydrogen-bond donors (Lipinski definition) is 1. The van der Waals surface area contributed by atoms with Crippen molar-refractivity contribution in [3.63, 3.8) is 0 Å². The summed E-state index contributed by atoms with van der Waals surface area (Å²) in [6, 6.07) is 30.3. The van der Waals surface area contributed by atoms with Crippen LogP contribution in [0.4, 0.5) is 0 Å². The Hall–Kier alpha value is -3.85. The van der Waals surface area contributed by atoms with E-state index in [4.69, 9.17) is 4.98 Å². The van der Waals surface area contributed by atoms with Gasteiger partial charge >= 0.3 is 5.78 Å². The number of fused-ring (bicyclic) bond motifs is 7. The number of rotatable bonds is 3. The van der Waals surface area contributed by atoms with Gasteiger partial charge < -0.3 is 10.1 Å². The Morgan fingerprint density at radius 2 is 1.40 bits per heavy atom. The molecule has 0 atom stereocenters. The van der Waals surface area contributed by atoms with Crippen LogP contribution in [0.25, 0.3) is 54.3 Å². The Balaban J connectivity index is 0.000000307. The minimum atomic E-state index is -0.306. The average Bonchev–Trinajstić information content (AvgIpc) is 2.98. The van der Waals surface area contributed by atoms with E-state index in [0.29, 0.717) is 5.92 Å². The van der Waals surface area contributed by atoms with Crippen LogP contribution in [0, 0.1) is 30.7 Å². The maximum Gasteiger partial charge on any atom is 0.325 e. The molecule has 0 aliphatic carbocycles. The van der Waals surface area contributed by atoms with Gasteiger partial charge in [-0.15, -0.1) is 34.9 Å². The van der Waals surface area contributed by atoms with E-state index in [1.165, 1.54) is 60.3 Å². The summed E-state index contributed by atoms with van der Waals surface area (Å²) in [4.78, 5) is 14.4. The molecule has 0 spiro atoms. The minimum Gasteiger partial charge on any atom is -0.511 e. The third-order valence-corrected chi connectivity index (χ3v) is 8.63. The van der Waals surface area contributed by atoms with Gasteiger partial charge in [-0.1, -0.05) is 97.0 Å². The number of pyridine rings is 1. The molecule has 0 saturated carbocycles. The second-order valence-corrected chi connectivity index (χ2v) is 14.9. The van der Waals surface area contributed by atoms with E-state index >= 15 is 0 Å². The fraction of sp³-hybridized carbons (Fsp3) is 0.302. The number of nitrogens with zero attached hydrogens (tertiary/aromatic N) is 1. The fourth-order valence-electron chi connectivity index (χ4n) is 5.96. The van der Waals surface area contributed by atoms with Gasteiger partial charge in [0.05, 0.1) is 11.5 Å². The Kier molecular flexibility index (Phi) is 10.5. The number of ketones is 1. The number of aromatic nitrogens is 1. The van der Waals surface area contributed by atoms with E-state index in [2.05, 4.69) is 107 Å². The first-order valence-electron chi connectivity index (χ1n) is 16.2. The van der Waals surface area contributed by atoms with Crippen molar-refractivity contribution in [2.24, 2.45) is 10.8 Å². The predicted molar refractivity (Wildman–Crippen MR) is 199 cm³/mol. The molecule has 6 aromatic rings. The second-order valence-electron chi connectivity index (χ2n) is 14.9. The van der Waals surface area contributed by atoms with Gasteiger partial charge in [0.15, 0.2) is 0 Å². The van der Waals surface area contributed by atoms with Crippen molar-refractivity contribution in [3.8, 4) is 11.3 Å². The van der Waals surface area contributed by atoms with Crippen molar-refractivity contribution in [1.29, 1.82) is 0 Å². The van der Waals surface area contributed by atoms with Crippen molar-refractivity contribution in [2.75, 3.05) is 0 Å². The fourth-order valence-corrected chi connectivity index (χ4v) is 5.96. The monoisotopic (exact) mass is 802 g/mol. The van der Waals surface area contributed by atoms with E-state index in [-0.39, 0.29) is 42.5 Å². The predicted octanol–water partition coefficient (Wildman–Crippen LogP) is 12.0. The molecule has 1 radical (unpaired) electrons.